The van der Waals surface area contributed by atoms with Crippen LogP contribution in [-0.2, 0) is 16.0 Å². The minimum Gasteiger partial charge on any atom is -0.394 e. The smallest absolute Gasteiger partial charge is 0.138 e. The Bertz CT molecular complexity index is 472. The number of methoxy groups -OCH3 is 1. The molecular formula is C15H27N5O3. The third-order valence-electron chi connectivity index (χ3n) is 5.32. The van der Waals surface area contributed by atoms with Crippen molar-refractivity contribution in [2.75, 3.05) is 33.4 Å². The van der Waals surface area contributed by atoms with Crippen LogP contribution in [0.1, 0.15) is 32.1 Å². The Morgan fingerprint density at radius 2 is 2.26 bits per heavy atom. The van der Waals surface area contributed by atoms with Crippen LogP contribution in [-0.4, -0.2) is 81.4 Å². The Hall–Kier alpha value is -1.09. The lowest BCUT2D eigenvalue weighted by Gasteiger charge is -2.43. The van der Waals surface area contributed by atoms with Crippen molar-refractivity contribution >= 4 is 0 Å². The predicted molar refractivity (Wildman–Crippen MR) is 82.8 cm³/mol. The van der Waals surface area contributed by atoms with E-state index in [2.05, 4.69) is 20.4 Å². The van der Waals surface area contributed by atoms with Crippen molar-refractivity contribution in [3.8, 4) is 0 Å². The first-order valence-electron chi connectivity index (χ1n) is 8.50. The summed E-state index contributed by atoms with van der Waals surface area (Å²) < 4.78 is 13.5. The molecule has 1 aliphatic heterocycles. The first-order valence-corrected chi connectivity index (χ1v) is 8.50. The Morgan fingerprint density at radius 1 is 1.35 bits per heavy atom. The maximum atomic E-state index is 8.96. The average Bonchev–Trinajstić information content (AvgIpc) is 3.21. The number of aliphatic hydroxyl groups excluding tert-OH is 1. The van der Waals surface area contributed by atoms with Gasteiger partial charge in [-0.2, -0.15) is 0 Å². The number of aryl methyl sites for hydroxylation is 1. The summed E-state index contributed by atoms with van der Waals surface area (Å²) in [5, 5.41) is 20.2. The van der Waals surface area contributed by atoms with E-state index in [0.29, 0.717) is 12.6 Å². The molecule has 3 rings (SSSR count). The van der Waals surface area contributed by atoms with Gasteiger partial charge in [-0.1, -0.05) is 0 Å². The molecule has 1 aromatic rings. The molecule has 1 N–H and O–H groups in total. The second kappa shape index (κ2) is 7.65. The lowest BCUT2D eigenvalue weighted by molar-refractivity contribution is -0.103. The van der Waals surface area contributed by atoms with Crippen molar-refractivity contribution in [2.45, 2.75) is 56.4 Å². The fourth-order valence-corrected chi connectivity index (χ4v) is 4.11. The molecule has 3 atom stereocenters. The molecule has 0 unspecified atom stereocenters. The molecule has 1 aromatic heterocycles. The molecule has 8 nitrogen and oxygen atoms in total. The van der Waals surface area contributed by atoms with Crippen LogP contribution in [0.5, 0.6) is 0 Å². The molecule has 130 valence electrons. The van der Waals surface area contributed by atoms with Crippen LogP contribution in [0.4, 0.5) is 0 Å². The maximum absolute atomic E-state index is 8.96. The van der Waals surface area contributed by atoms with E-state index in [9.17, 15) is 0 Å². The monoisotopic (exact) mass is 325 g/mol. The van der Waals surface area contributed by atoms with Crippen LogP contribution in [0.15, 0.2) is 6.33 Å². The van der Waals surface area contributed by atoms with Crippen molar-refractivity contribution in [2.24, 2.45) is 0 Å². The molecule has 2 heterocycles. The molecule has 0 radical (unpaired) electrons. The highest BCUT2D eigenvalue weighted by Crippen LogP contribution is 2.43. The highest BCUT2D eigenvalue weighted by atomic mass is 16.5. The standard InChI is InChI=1S/C15H27N5O3/c1-22-15-4-3-13(23-10-9-21)11-14(15)19(8-5-15)6-2-7-20-12-16-17-18-20/h12-14,21H,2-11H2,1H3/t13-,14+,15-/m1/s1. The highest BCUT2D eigenvalue weighted by Gasteiger charge is 2.50. The van der Waals surface area contributed by atoms with E-state index in [0.717, 1.165) is 51.7 Å². The summed E-state index contributed by atoms with van der Waals surface area (Å²) in [5.41, 5.74) is -0.0200. The van der Waals surface area contributed by atoms with Gasteiger partial charge in [-0.3, -0.25) is 4.90 Å². The zero-order valence-corrected chi connectivity index (χ0v) is 13.8. The van der Waals surface area contributed by atoms with E-state index in [-0.39, 0.29) is 18.3 Å². The van der Waals surface area contributed by atoms with Crippen LogP contribution >= 0.6 is 0 Å². The largest absolute Gasteiger partial charge is 0.394 e. The first-order chi connectivity index (χ1) is 11.3. The van der Waals surface area contributed by atoms with E-state index in [1.54, 1.807) is 11.0 Å². The SMILES string of the molecule is CO[C@@]12CC[C@@H](OCCO)C[C@@H]1N(CCCn1cnnn1)CC2. The molecule has 1 aliphatic carbocycles. The molecule has 1 saturated heterocycles. The summed E-state index contributed by atoms with van der Waals surface area (Å²) >= 11 is 0. The number of aromatic nitrogens is 4. The summed E-state index contributed by atoms with van der Waals surface area (Å²) in [5.74, 6) is 0. The molecule has 1 saturated carbocycles. The van der Waals surface area contributed by atoms with E-state index in [4.69, 9.17) is 14.6 Å². The Kier molecular flexibility index (Phi) is 5.58. The van der Waals surface area contributed by atoms with Crippen molar-refractivity contribution in [1.29, 1.82) is 0 Å². The fourth-order valence-electron chi connectivity index (χ4n) is 4.11. The lowest BCUT2D eigenvalue weighted by atomic mass is 9.79. The van der Waals surface area contributed by atoms with Gasteiger partial charge in [-0.15, -0.1) is 5.10 Å². The van der Waals surface area contributed by atoms with Crippen molar-refractivity contribution in [3.05, 3.63) is 6.33 Å². The van der Waals surface area contributed by atoms with Gasteiger partial charge in [0.15, 0.2) is 0 Å². The third kappa shape index (κ3) is 3.71. The number of hydrogen-bond acceptors (Lipinski definition) is 7. The molecule has 0 aromatic carbocycles. The number of rotatable bonds is 8. The van der Waals surface area contributed by atoms with E-state index in [1.165, 1.54) is 0 Å². The number of hydrogen-bond donors (Lipinski definition) is 1. The van der Waals surface area contributed by atoms with Gasteiger partial charge < -0.3 is 14.6 Å². The minimum absolute atomic E-state index is 0.0200. The van der Waals surface area contributed by atoms with Crippen molar-refractivity contribution < 1.29 is 14.6 Å². The van der Waals surface area contributed by atoms with Gasteiger partial charge in [0.2, 0.25) is 0 Å². The summed E-state index contributed by atoms with van der Waals surface area (Å²) in [7, 11) is 1.84. The van der Waals surface area contributed by atoms with E-state index < -0.39 is 0 Å². The van der Waals surface area contributed by atoms with Gasteiger partial charge in [0.05, 0.1) is 24.9 Å². The first kappa shape index (κ1) is 16.8. The highest BCUT2D eigenvalue weighted by molar-refractivity contribution is 5.05. The van der Waals surface area contributed by atoms with Crippen LogP contribution in [0.2, 0.25) is 0 Å². The number of tetrazole rings is 1. The van der Waals surface area contributed by atoms with Crippen LogP contribution in [0.3, 0.4) is 0 Å². The maximum Gasteiger partial charge on any atom is 0.138 e. The lowest BCUT2D eigenvalue weighted by Crippen LogP contribution is -2.52. The van der Waals surface area contributed by atoms with Gasteiger partial charge >= 0.3 is 0 Å². The number of nitrogens with zero attached hydrogens (tertiary/aromatic N) is 5. The van der Waals surface area contributed by atoms with Crippen LogP contribution in [0, 0.1) is 0 Å². The van der Waals surface area contributed by atoms with Gasteiger partial charge in [-0.25, -0.2) is 4.68 Å². The van der Waals surface area contributed by atoms with Gasteiger partial charge in [-0.05, 0) is 42.5 Å². The zero-order chi connectivity index (χ0) is 16.1. The van der Waals surface area contributed by atoms with E-state index in [1.807, 2.05) is 7.11 Å². The van der Waals surface area contributed by atoms with Crippen molar-refractivity contribution in [3.63, 3.8) is 0 Å². The topological polar surface area (TPSA) is 85.5 Å². The van der Waals surface area contributed by atoms with Crippen LogP contribution in [0.25, 0.3) is 0 Å². The summed E-state index contributed by atoms with van der Waals surface area (Å²) in [4.78, 5) is 2.53. The van der Waals surface area contributed by atoms with Crippen LogP contribution < -0.4 is 0 Å². The fraction of sp³-hybridized carbons (Fsp3) is 0.933. The molecule has 2 aliphatic rings. The quantitative estimate of drug-likeness (QED) is 0.724. The van der Waals surface area contributed by atoms with Gasteiger partial charge in [0.25, 0.3) is 0 Å². The van der Waals surface area contributed by atoms with Crippen molar-refractivity contribution in [1.82, 2.24) is 25.1 Å². The summed E-state index contributed by atoms with van der Waals surface area (Å²) in [6.07, 6.45) is 7.03. The molecule has 23 heavy (non-hydrogen) atoms. The zero-order valence-electron chi connectivity index (χ0n) is 13.8. The van der Waals surface area contributed by atoms with E-state index >= 15 is 0 Å². The number of ether oxygens (including phenoxy) is 2. The normalized spacial score (nSPS) is 31.4. The Labute approximate surface area is 136 Å². The molecule has 8 heteroatoms. The summed E-state index contributed by atoms with van der Waals surface area (Å²) in [6, 6.07) is 0.402. The number of likely N-dealkylation sites (tertiary alicyclic amines) is 1. The molecular weight excluding hydrogens is 298 g/mol. The second-order valence-corrected chi connectivity index (χ2v) is 6.49. The molecule has 0 spiro atoms. The third-order valence-corrected chi connectivity index (χ3v) is 5.32. The molecule has 0 amide bonds. The predicted octanol–water partition coefficient (Wildman–Crippen LogP) is 0.0841. The number of fused-ring (bicyclic) bond motifs is 1. The Balaban J connectivity index is 1.55. The summed E-state index contributed by atoms with van der Waals surface area (Å²) in [6.45, 7) is 3.44. The van der Waals surface area contributed by atoms with Gasteiger partial charge in [0.1, 0.15) is 6.33 Å². The molecule has 2 fully saturated rings. The Morgan fingerprint density at radius 3 is 3.00 bits per heavy atom. The average molecular weight is 325 g/mol. The minimum atomic E-state index is -0.0200. The number of aliphatic hydroxyl groups is 1. The molecule has 0 bridgehead atoms. The van der Waals surface area contributed by atoms with Gasteiger partial charge in [0, 0.05) is 32.8 Å². The second-order valence-electron chi connectivity index (χ2n) is 6.49.